The first-order valence-corrected chi connectivity index (χ1v) is 4.31. The van der Waals surface area contributed by atoms with Crippen LogP contribution in [0.2, 0.25) is 0 Å². The molecule has 1 aromatic rings. The van der Waals surface area contributed by atoms with Gasteiger partial charge in [0.2, 0.25) is 0 Å². The van der Waals surface area contributed by atoms with Gasteiger partial charge in [0, 0.05) is 5.69 Å². The molecule has 1 aromatic carbocycles. The van der Waals surface area contributed by atoms with Crippen molar-refractivity contribution in [1.82, 2.24) is 0 Å². The van der Waals surface area contributed by atoms with Crippen molar-refractivity contribution < 1.29 is 9.90 Å². The second kappa shape index (κ2) is 4.82. The van der Waals surface area contributed by atoms with Gasteiger partial charge in [-0.05, 0) is 23.8 Å². The monoisotopic (exact) mass is 202 g/mol. The van der Waals surface area contributed by atoms with Gasteiger partial charge < -0.3 is 10.8 Å². The molecule has 0 radical (unpaired) electrons. The lowest BCUT2D eigenvalue weighted by Gasteiger charge is -2.00. The Morgan fingerprint density at radius 1 is 1.53 bits per heavy atom. The Bertz CT molecular complexity index is 444. The summed E-state index contributed by atoms with van der Waals surface area (Å²) in [5.74, 6) is -1.02. The van der Waals surface area contributed by atoms with Gasteiger partial charge in [-0.2, -0.15) is 5.26 Å². The van der Waals surface area contributed by atoms with Crippen molar-refractivity contribution in [2.75, 3.05) is 5.73 Å². The number of carboxylic acid groups (broad SMARTS) is 1. The molecule has 0 aliphatic carbocycles. The lowest BCUT2D eigenvalue weighted by molar-refractivity contribution is 0.0697. The van der Waals surface area contributed by atoms with Crippen LogP contribution in [0, 0.1) is 11.3 Å². The molecule has 4 nitrogen and oxygen atoms in total. The number of nitrogens with zero attached hydrogens (tertiary/aromatic N) is 1. The number of allylic oxidation sites excluding steroid dienone is 1. The maximum Gasteiger partial charge on any atom is 0.335 e. The molecule has 0 spiro atoms. The molecule has 0 bridgehead atoms. The van der Waals surface area contributed by atoms with Gasteiger partial charge in [0.05, 0.1) is 18.1 Å². The number of nitrogen functional groups attached to an aromatic ring is 1. The smallest absolute Gasteiger partial charge is 0.335 e. The summed E-state index contributed by atoms with van der Waals surface area (Å²) in [5.41, 5.74) is 6.76. The first-order valence-electron chi connectivity index (χ1n) is 4.31. The highest BCUT2D eigenvalue weighted by atomic mass is 16.4. The van der Waals surface area contributed by atoms with E-state index in [1.54, 1.807) is 18.2 Å². The van der Waals surface area contributed by atoms with Crippen LogP contribution < -0.4 is 5.73 Å². The summed E-state index contributed by atoms with van der Waals surface area (Å²) in [6, 6.07) is 6.51. The third-order valence-corrected chi connectivity index (χ3v) is 1.74. The number of nitrogens with two attached hydrogens (primary N) is 1. The number of hydrogen-bond acceptors (Lipinski definition) is 3. The van der Waals surface area contributed by atoms with Crippen molar-refractivity contribution in [1.29, 1.82) is 5.26 Å². The standard InChI is InChI=1S/C11H10N2O2/c12-4-2-1-3-8-5-9(11(14)15)7-10(13)6-8/h1,3,5-7H,2,13H2,(H,14,15). The second-order valence-corrected chi connectivity index (χ2v) is 2.96. The van der Waals surface area contributed by atoms with Gasteiger partial charge in [-0.15, -0.1) is 0 Å². The topological polar surface area (TPSA) is 87.1 Å². The minimum atomic E-state index is -1.02. The van der Waals surface area contributed by atoms with Gasteiger partial charge in [-0.1, -0.05) is 12.2 Å². The quantitative estimate of drug-likeness (QED) is 0.732. The van der Waals surface area contributed by atoms with Gasteiger partial charge >= 0.3 is 5.97 Å². The van der Waals surface area contributed by atoms with Crippen LogP contribution in [-0.2, 0) is 0 Å². The third-order valence-electron chi connectivity index (χ3n) is 1.74. The molecular weight excluding hydrogens is 192 g/mol. The number of hydrogen-bond donors (Lipinski definition) is 2. The van der Waals surface area contributed by atoms with Gasteiger partial charge in [0.1, 0.15) is 0 Å². The SMILES string of the molecule is N#CCC=Cc1cc(N)cc(C(=O)O)c1. The van der Waals surface area contributed by atoms with E-state index in [0.29, 0.717) is 11.3 Å². The van der Waals surface area contributed by atoms with Crippen molar-refractivity contribution in [2.45, 2.75) is 6.42 Å². The van der Waals surface area contributed by atoms with Crippen molar-refractivity contribution >= 4 is 17.7 Å². The number of carboxylic acids is 1. The van der Waals surface area contributed by atoms with Crippen molar-refractivity contribution in [3.8, 4) is 6.07 Å². The number of carbonyl (C=O) groups is 1. The molecule has 0 atom stereocenters. The Morgan fingerprint density at radius 2 is 2.27 bits per heavy atom. The molecule has 15 heavy (non-hydrogen) atoms. The fourth-order valence-corrected chi connectivity index (χ4v) is 1.14. The predicted octanol–water partition coefficient (Wildman–Crippen LogP) is 1.89. The predicted molar refractivity (Wildman–Crippen MR) is 57.1 cm³/mol. The highest BCUT2D eigenvalue weighted by Crippen LogP contribution is 2.13. The van der Waals surface area contributed by atoms with E-state index in [2.05, 4.69) is 0 Å². The first kappa shape index (κ1) is 10.8. The highest BCUT2D eigenvalue weighted by Gasteiger charge is 2.03. The molecule has 76 valence electrons. The summed E-state index contributed by atoms with van der Waals surface area (Å²) in [7, 11) is 0. The molecule has 0 heterocycles. The molecular formula is C11H10N2O2. The summed E-state index contributed by atoms with van der Waals surface area (Å²) < 4.78 is 0. The van der Waals surface area contributed by atoms with Crippen LogP contribution >= 0.6 is 0 Å². The van der Waals surface area contributed by atoms with Crippen LogP contribution in [0.5, 0.6) is 0 Å². The van der Waals surface area contributed by atoms with Gasteiger partial charge in [-0.25, -0.2) is 4.79 Å². The Balaban J connectivity index is 3.00. The number of aromatic carboxylic acids is 1. The van der Waals surface area contributed by atoms with E-state index in [1.165, 1.54) is 12.1 Å². The lowest BCUT2D eigenvalue weighted by atomic mass is 10.1. The largest absolute Gasteiger partial charge is 0.478 e. The van der Waals surface area contributed by atoms with E-state index in [4.69, 9.17) is 16.1 Å². The fourth-order valence-electron chi connectivity index (χ4n) is 1.14. The Kier molecular flexibility index (Phi) is 3.47. The summed E-state index contributed by atoms with van der Waals surface area (Å²) in [6.07, 6.45) is 3.61. The van der Waals surface area contributed by atoms with Crippen molar-refractivity contribution in [3.05, 3.63) is 35.4 Å². The number of rotatable bonds is 3. The maximum atomic E-state index is 10.7. The number of anilines is 1. The van der Waals surface area contributed by atoms with Crippen LogP contribution in [0.1, 0.15) is 22.3 Å². The number of nitriles is 1. The lowest BCUT2D eigenvalue weighted by Crippen LogP contribution is -1.98. The van der Waals surface area contributed by atoms with Gasteiger partial charge in [-0.3, -0.25) is 0 Å². The molecule has 0 fully saturated rings. The summed E-state index contributed by atoms with van der Waals surface area (Å²) >= 11 is 0. The van der Waals surface area contributed by atoms with Gasteiger partial charge in [0.15, 0.2) is 0 Å². The molecule has 0 saturated heterocycles. The van der Waals surface area contributed by atoms with E-state index in [9.17, 15) is 4.79 Å². The average Bonchev–Trinajstić information content (AvgIpc) is 2.17. The minimum Gasteiger partial charge on any atom is -0.478 e. The molecule has 0 aromatic heterocycles. The Morgan fingerprint density at radius 3 is 2.87 bits per heavy atom. The molecule has 0 amide bonds. The van der Waals surface area contributed by atoms with Gasteiger partial charge in [0.25, 0.3) is 0 Å². The molecule has 3 N–H and O–H groups in total. The summed E-state index contributed by atoms with van der Waals surface area (Å²) in [6.45, 7) is 0. The van der Waals surface area contributed by atoms with Crippen molar-refractivity contribution in [3.63, 3.8) is 0 Å². The molecule has 0 unspecified atom stereocenters. The minimum absolute atomic E-state index is 0.145. The molecule has 0 saturated carbocycles. The molecule has 0 aliphatic heterocycles. The van der Waals surface area contributed by atoms with Crippen LogP contribution in [0.25, 0.3) is 6.08 Å². The Labute approximate surface area is 87.3 Å². The fraction of sp³-hybridized carbons (Fsp3) is 0.0909. The van der Waals surface area contributed by atoms with E-state index in [1.807, 2.05) is 6.07 Å². The van der Waals surface area contributed by atoms with E-state index in [-0.39, 0.29) is 12.0 Å². The van der Waals surface area contributed by atoms with E-state index >= 15 is 0 Å². The normalized spacial score (nSPS) is 10.1. The Hall–Kier alpha value is -2.28. The third kappa shape index (κ3) is 3.16. The summed E-state index contributed by atoms with van der Waals surface area (Å²) in [5, 5.41) is 17.1. The summed E-state index contributed by atoms with van der Waals surface area (Å²) in [4.78, 5) is 10.7. The molecule has 4 heteroatoms. The average molecular weight is 202 g/mol. The first-order chi connectivity index (χ1) is 7.13. The number of benzene rings is 1. The van der Waals surface area contributed by atoms with Crippen LogP contribution in [0.4, 0.5) is 5.69 Å². The maximum absolute atomic E-state index is 10.7. The highest BCUT2D eigenvalue weighted by molar-refractivity contribution is 5.89. The van der Waals surface area contributed by atoms with E-state index < -0.39 is 5.97 Å². The zero-order chi connectivity index (χ0) is 11.3. The van der Waals surface area contributed by atoms with Crippen LogP contribution in [0.3, 0.4) is 0 Å². The zero-order valence-corrected chi connectivity index (χ0v) is 7.97. The van der Waals surface area contributed by atoms with Crippen molar-refractivity contribution in [2.24, 2.45) is 0 Å². The second-order valence-electron chi connectivity index (χ2n) is 2.96. The molecule has 1 rings (SSSR count). The molecule has 0 aliphatic rings. The van der Waals surface area contributed by atoms with E-state index in [0.717, 1.165) is 0 Å². The van der Waals surface area contributed by atoms with Crippen LogP contribution in [0.15, 0.2) is 24.3 Å². The zero-order valence-electron chi connectivity index (χ0n) is 7.97. The van der Waals surface area contributed by atoms with Crippen LogP contribution in [-0.4, -0.2) is 11.1 Å².